The molecule has 1 aromatic heterocycles. The van der Waals surface area contributed by atoms with Crippen LogP contribution in [-0.2, 0) is 21.3 Å². The van der Waals surface area contributed by atoms with Gasteiger partial charge in [0.1, 0.15) is 0 Å². The molecule has 1 heterocycles. The van der Waals surface area contributed by atoms with E-state index in [1.807, 2.05) is 36.5 Å². The number of aromatic nitrogens is 2. The Morgan fingerprint density at radius 3 is 2.35 bits per heavy atom. The SMILES string of the molecule is O=S(=O)(Cc1ccc(-n2cccn2)cc1)Cc1cccc(Cl)c1. The summed E-state index contributed by atoms with van der Waals surface area (Å²) in [5, 5.41) is 4.68. The standard InChI is InChI=1S/C17H15ClN2O2S/c18-16-4-1-3-15(11-16)13-23(21,22)12-14-5-7-17(8-6-14)20-10-2-9-19-20/h1-11H,12-13H2. The number of hydrogen-bond acceptors (Lipinski definition) is 3. The lowest BCUT2D eigenvalue weighted by Crippen LogP contribution is -2.07. The van der Waals surface area contributed by atoms with Gasteiger partial charge in [0.05, 0.1) is 17.2 Å². The maximum absolute atomic E-state index is 12.3. The minimum atomic E-state index is -3.25. The van der Waals surface area contributed by atoms with E-state index in [1.54, 1.807) is 35.1 Å². The van der Waals surface area contributed by atoms with Crippen LogP contribution < -0.4 is 0 Å². The fourth-order valence-electron chi connectivity index (χ4n) is 2.35. The first-order valence-electron chi connectivity index (χ1n) is 7.06. The highest BCUT2D eigenvalue weighted by Gasteiger charge is 2.13. The van der Waals surface area contributed by atoms with Crippen LogP contribution in [-0.4, -0.2) is 18.2 Å². The normalized spacial score (nSPS) is 11.5. The largest absolute Gasteiger partial charge is 0.241 e. The zero-order valence-electron chi connectivity index (χ0n) is 12.3. The molecule has 6 heteroatoms. The van der Waals surface area contributed by atoms with E-state index in [2.05, 4.69) is 5.10 Å². The molecule has 0 N–H and O–H groups in total. The highest BCUT2D eigenvalue weighted by atomic mass is 35.5. The molecular weight excluding hydrogens is 332 g/mol. The van der Waals surface area contributed by atoms with Crippen molar-refractivity contribution in [3.05, 3.63) is 83.1 Å². The van der Waals surface area contributed by atoms with Gasteiger partial charge in [0.25, 0.3) is 0 Å². The summed E-state index contributed by atoms with van der Waals surface area (Å²) in [6.45, 7) is 0. The number of nitrogens with zero attached hydrogens (tertiary/aromatic N) is 2. The smallest absolute Gasteiger partial charge is 0.158 e. The van der Waals surface area contributed by atoms with Crippen molar-refractivity contribution in [3.8, 4) is 5.69 Å². The molecule has 4 nitrogen and oxygen atoms in total. The van der Waals surface area contributed by atoms with Crippen molar-refractivity contribution in [2.75, 3.05) is 0 Å². The lowest BCUT2D eigenvalue weighted by atomic mass is 10.2. The summed E-state index contributed by atoms with van der Waals surface area (Å²) in [5.74, 6) is -0.0205. The van der Waals surface area contributed by atoms with E-state index in [9.17, 15) is 8.42 Å². The third-order valence-electron chi connectivity index (χ3n) is 3.37. The van der Waals surface area contributed by atoms with Gasteiger partial charge in [-0.25, -0.2) is 13.1 Å². The van der Waals surface area contributed by atoms with Crippen LogP contribution in [0.4, 0.5) is 0 Å². The van der Waals surface area contributed by atoms with Gasteiger partial charge >= 0.3 is 0 Å². The van der Waals surface area contributed by atoms with Crippen LogP contribution in [0.5, 0.6) is 0 Å². The topological polar surface area (TPSA) is 52.0 Å². The Hall–Kier alpha value is -2.11. The zero-order valence-corrected chi connectivity index (χ0v) is 13.8. The molecule has 0 aliphatic heterocycles. The van der Waals surface area contributed by atoms with Gasteiger partial charge in [-0.2, -0.15) is 5.10 Å². The summed E-state index contributed by atoms with van der Waals surface area (Å²) < 4.78 is 26.4. The molecule has 0 unspecified atom stereocenters. The van der Waals surface area contributed by atoms with Gasteiger partial charge < -0.3 is 0 Å². The Kier molecular flexibility index (Phi) is 4.50. The minimum absolute atomic E-state index is 0.00109. The molecule has 0 fully saturated rings. The molecule has 0 amide bonds. The molecule has 2 aromatic carbocycles. The second-order valence-electron chi connectivity index (χ2n) is 5.28. The fraction of sp³-hybridized carbons (Fsp3) is 0.118. The Morgan fingerprint density at radius 2 is 1.70 bits per heavy atom. The molecule has 23 heavy (non-hydrogen) atoms. The van der Waals surface area contributed by atoms with Gasteiger partial charge in [-0.3, -0.25) is 0 Å². The highest BCUT2D eigenvalue weighted by Crippen LogP contribution is 2.17. The second-order valence-corrected chi connectivity index (χ2v) is 7.78. The first-order chi connectivity index (χ1) is 11.0. The van der Waals surface area contributed by atoms with Crippen molar-refractivity contribution in [2.45, 2.75) is 11.5 Å². The van der Waals surface area contributed by atoms with Gasteiger partial charge in [-0.15, -0.1) is 0 Å². The molecule has 0 radical (unpaired) electrons. The summed E-state index contributed by atoms with van der Waals surface area (Å²) in [7, 11) is -3.25. The van der Waals surface area contributed by atoms with Gasteiger partial charge in [0, 0.05) is 17.4 Å². The molecule has 0 aliphatic carbocycles. The van der Waals surface area contributed by atoms with Crippen molar-refractivity contribution in [3.63, 3.8) is 0 Å². The maximum Gasteiger partial charge on any atom is 0.158 e. The van der Waals surface area contributed by atoms with Crippen molar-refractivity contribution < 1.29 is 8.42 Å². The fourth-order valence-corrected chi connectivity index (χ4v) is 4.05. The van der Waals surface area contributed by atoms with Crippen molar-refractivity contribution in [1.29, 1.82) is 0 Å². The highest BCUT2D eigenvalue weighted by molar-refractivity contribution is 7.89. The van der Waals surface area contributed by atoms with E-state index < -0.39 is 9.84 Å². The quantitative estimate of drug-likeness (QED) is 0.708. The molecule has 0 saturated heterocycles. The first-order valence-corrected chi connectivity index (χ1v) is 9.26. The van der Waals surface area contributed by atoms with E-state index >= 15 is 0 Å². The minimum Gasteiger partial charge on any atom is -0.241 e. The van der Waals surface area contributed by atoms with Gasteiger partial charge in [0.2, 0.25) is 0 Å². The average Bonchev–Trinajstić information content (AvgIpc) is 3.01. The van der Waals surface area contributed by atoms with E-state index in [1.165, 1.54) is 0 Å². The van der Waals surface area contributed by atoms with E-state index in [-0.39, 0.29) is 11.5 Å². The summed E-state index contributed by atoms with van der Waals surface area (Å²) >= 11 is 5.90. The third kappa shape index (κ3) is 4.21. The van der Waals surface area contributed by atoms with Crippen molar-refractivity contribution >= 4 is 21.4 Å². The molecule has 0 aliphatic rings. The predicted octanol–water partition coefficient (Wildman–Crippen LogP) is 3.64. The number of halogens is 1. The van der Waals surface area contributed by atoms with Crippen LogP contribution in [0.1, 0.15) is 11.1 Å². The number of sulfone groups is 1. The lowest BCUT2D eigenvalue weighted by molar-refractivity contribution is 0.594. The van der Waals surface area contributed by atoms with Gasteiger partial charge in [0.15, 0.2) is 9.84 Å². The Labute approximate surface area is 140 Å². The van der Waals surface area contributed by atoms with Crippen LogP contribution >= 0.6 is 11.6 Å². The molecule has 3 rings (SSSR count). The number of benzene rings is 2. The van der Waals surface area contributed by atoms with Crippen LogP contribution in [0.15, 0.2) is 67.0 Å². The molecule has 0 bridgehead atoms. The van der Waals surface area contributed by atoms with Crippen molar-refractivity contribution in [1.82, 2.24) is 9.78 Å². The van der Waals surface area contributed by atoms with Crippen LogP contribution in [0, 0.1) is 0 Å². The molecule has 0 atom stereocenters. The zero-order chi connectivity index (χ0) is 16.3. The van der Waals surface area contributed by atoms with Crippen LogP contribution in [0.25, 0.3) is 5.69 Å². The van der Waals surface area contributed by atoms with Crippen LogP contribution in [0.2, 0.25) is 5.02 Å². The summed E-state index contributed by atoms with van der Waals surface area (Å²) in [6.07, 6.45) is 3.54. The monoisotopic (exact) mass is 346 g/mol. The first kappa shape index (κ1) is 15.8. The molecular formula is C17H15ClN2O2S. The Balaban J connectivity index is 1.73. The summed E-state index contributed by atoms with van der Waals surface area (Å²) in [6, 6.07) is 16.1. The number of hydrogen-bond donors (Lipinski definition) is 0. The molecule has 0 saturated carbocycles. The predicted molar refractivity (Wildman–Crippen MR) is 91.3 cm³/mol. The summed E-state index contributed by atoms with van der Waals surface area (Å²) in [5.41, 5.74) is 2.35. The summed E-state index contributed by atoms with van der Waals surface area (Å²) in [4.78, 5) is 0. The Morgan fingerprint density at radius 1 is 0.957 bits per heavy atom. The maximum atomic E-state index is 12.3. The number of rotatable bonds is 5. The van der Waals surface area contributed by atoms with E-state index in [0.29, 0.717) is 10.6 Å². The molecule has 3 aromatic rings. The van der Waals surface area contributed by atoms with Gasteiger partial charge in [-0.05, 0) is 41.5 Å². The Bertz CT molecular complexity index is 889. The molecule has 118 valence electrons. The third-order valence-corrected chi connectivity index (χ3v) is 5.15. The lowest BCUT2D eigenvalue weighted by Gasteiger charge is -2.07. The van der Waals surface area contributed by atoms with Gasteiger partial charge in [-0.1, -0.05) is 35.9 Å². The van der Waals surface area contributed by atoms with Crippen LogP contribution in [0.3, 0.4) is 0 Å². The van der Waals surface area contributed by atoms with E-state index in [0.717, 1.165) is 11.3 Å². The average molecular weight is 347 g/mol. The van der Waals surface area contributed by atoms with E-state index in [4.69, 9.17) is 11.6 Å². The van der Waals surface area contributed by atoms with Crippen molar-refractivity contribution in [2.24, 2.45) is 0 Å². The molecule has 0 spiro atoms. The second kappa shape index (κ2) is 6.56.